The maximum Gasteiger partial charge on any atom is 0.272 e. The second kappa shape index (κ2) is 7.61. The molecule has 0 atom stereocenters. The molecule has 0 aliphatic heterocycles. The predicted molar refractivity (Wildman–Crippen MR) is 115 cm³/mol. The highest BCUT2D eigenvalue weighted by Gasteiger charge is 2.27. The lowest BCUT2D eigenvalue weighted by molar-refractivity contribution is 0.0919. The number of pyridine rings is 1. The van der Waals surface area contributed by atoms with Crippen LogP contribution in [0, 0.1) is 12.7 Å². The van der Waals surface area contributed by atoms with Gasteiger partial charge >= 0.3 is 0 Å². The van der Waals surface area contributed by atoms with Gasteiger partial charge in [0.25, 0.3) is 11.5 Å². The molecule has 3 heterocycles. The first kappa shape index (κ1) is 19.4. The highest BCUT2D eigenvalue weighted by atomic mass is 19.1. The molecule has 5 rings (SSSR count). The SMILES string of the molecule is Cc1cc(F)cn2c(C(=O)NC3CCC(c4n[nH]c(=O)c5ccccc45)CC3)cnc12. The van der Waals surface area contributed by atoms with Gasteiger partial charge in [0.1, 0.15) is 17.2 Å². The van der Waals surface area contributed by atoms with Crippen molar-refractivity contribution in [2.45, 2.75) is 44.6 Å². The number of aryl methyl sites for hydroxylation is 1. The summed E-state index contributed by atoms with van der Waals surface area (Å²) in [7, 11) is 0. The molecular formula is C23H22FN5O2. The van der Waals surface area contributed by atoms with E-state index >= 15 is 0 Å². The first-order valence-electron chi connectivity index (χ1n) is 10.4. The van der Waals surface area contributed by atoms with Crippen molar-refractivity contribution in [3.63, 3.8) is 0 Å². The molecule has 1 aliphatic carbocycles. The van der Waals surface area contributed by atoms with Crippen LogP contribution in [0.4, 0.5) is 4.39 Å². The van der Waals surface area contributed by atoms with E-state index in [-0.39, 0.29) is 23.4 Å². The number of aromatic amines is 1. The summed E-state index contributed by atoms with van der Waals surface area (Å²) in [6, 6.07) is 8.94. The Hall–Kier alpha value is -3.55. The van der Waals surface area contributed by atoms with Crippen LogP contribution in [0.5, 0.6) is 0 Å². The Morgan fingerprint density at radius 2 is 1.94 bits per heavy atom. The van der Waals surface area contributed by atoms with Crippen LogP contribution in [0.25, 0.3) is 16.4 Å². The van der Waals surface area contributed by atoms with E-state index in [1.54, 1.807) is 6.92 Å². The Kier molecular flexibility index (Phi) is 4.77. The zero-order valence-corrected chi connectivity index (χ0v) is 17.1. The van der Waals surface area contributed by atoms with Crippen LogP contribution in [-0.4, -0.2) is 31.5 Å². The molecule has 1 fully saturated rings. The van der Waals surface area contributed by atoms with Crippen molar-refractivity contribution in [2.24, 2.45) is 0 Å². The van der Waals surface area contributed by atoms with E-state index in [0.29, 0.717) is 22.3 Å². The molecule has 1 amide bonds. The molecule has 0 spiro atoms. The van der Waals surface area contributed by atoms with Gasteiger partial charge in [-0.25, -0.2) is 14.5 Å². The number of nitrogens with zero attached hydrogens (tertiary/aromatic N) is 3. The fourth-order valence-electron chi connectivity index (χ4n) is 4.60. The predicted octanol–water partition coefficient (Wildman–Crippen LogP) is 3.47. The number of benzene rings is 1. The van der Waals surface area contributed by atoms with Crippen molar-refractivity contribution < 1.29 is 9.18 Å². The third-order valence-electron chi connectivity index (χ3n) is 6.16. The van der Waals surface area contributed by atoms with Gasteiger partial charge in [-0.2, -0.15) is 5.10 Å². The van der Waals surface area contributed by atoms with Crippen LogP contribution >= 0.6 is 0 Å². The molecule has 3 aromatic heterocycles. The largest absolute Gasteiger partial charge is 0.348 e. The lowest BCUT2D eigenvalue weighted by Crippen LogP contribution is -2.38. The molecule has 4 aromatic rings. The number of imidazole rings is 1. The fourth-order valence-corrected chi connectivity index (χ4v) is 4.60. The van der Waals surface area contributed by atoms with Gasteiger partial charge in [-0.05, 0) is 50.3 Å². The first-order valence-corrected chi connectivity index (χ1v) is 10.4. The minimum absolute atomic E-state index is 0.0259. The Balaban J connectivity index is 1.30. The zero-order chi connectivity index (χ0) is 21.5. The van der Waals surface area contributed by atoms with Crippen molar-refractivity contribution in [3.05, 3.63) is 75.8 Å². The van der Waals surface area contributed by atoms with E-state index in [2.05, 4.69) is 20.5 Å². The average Bonchev–Trinajstić information content (AvgIpc) is 3.19. The Labute approximate surface area is 177 Å². The maximum atomic E-state index is 13.8. The monoisotopic (exact) mass is 419 g/mol. The van der Waals surface area contributed by atoms with Crippen LogP contribution in [0.15, 0.2) is 47.5 Å². The second-order valence-electron chi connectivity index (χ2n) is 8.18. The topological polar surface area (TPSA) is 92.1 Å². The first-order chi connectivity index (χ1) is 15.0. The van der Waals surface area contributed by atoms with E-state index in [9.17, 15) is 14.0 Å². The number of hydrogen-bond acceptors (Lipinski definition) is 4. The van der Waals surface area contributed by atoms with Crippen LogP contribution in [-0.2, 0) is 0 Å². The highest BCUT2D eigenvalue weighted by Crippen LogP contribution is 2.34. The number of amides is 1. The van der Waals surface area contributed by atoms with Gasteiger partial charge in [-0.3, -0.25) is 14.0 Å². The van der Waals surface area contributed by atoms with Crippen molar-refractivity contribution in [1.82, 2.24) is 24.9 Å². The number of carbonyl (C=O) groups excluding carboxylic acids is 1. The lowest BCUT2D eigenvalue weighted by atomic mass is 9.82. The molecule has 8 heteroatoms. The van der Waals surface area contributed by atoms with Crippen LogP contribution < -0.4 is 10.9 Å². The van der Waals surface area contributed by atoms with E-state index in [4.69, 9.17) is 0 Å². The summed E-state index contributed by atoms with van der Waals surface area (Å²) >= 11 is 0. The third-order valence-corrected chi connectivity index (χ3v) is 6.16. The Morgan fingerprint density at radius 1 is 1.19 bits per heavy atom. The van der Waals surface area contributed by atoms with E-state index in [0.717, 1.165) is 36.8 Å². The summed E-state index contributed by atoms with van der Waals surface area (Å²) in [5.41, 5.74) is 2.31. The van der Waals surface area contributed by atoms with Crippen LogP contribution in [0.2, 0.25) is 0 Å². The average molecular weight is 419 g/mol. The van der Waals surface area contributed by atoms with E-state index in [1.807, 2.05) is 24.3 Å². The normalized spacial score (nSPS) is 19.0. The van der Waals surface area contributed by atoms with Gasteiger partial charge in [0.2, 0.25) is 0 Å². The van der Waals surface area contributed by atoms with Gasteiger partial charge < -0.3 is 5.32 Å². The molecule has 1 aliphatic rings. The van der Waals surface area contributed by atoms with Crippen molar-refractivity contribution >= 4 is 22.3 Å². The minimum atomic E-state index is -0.404. The van der Waals surface area contributed by atoms with Crippen molar-refractivity contribution in [1.29, 1.82) is 0 Å². The summed E-state index contributed by atoms with van der Waals surface area (Å²) < 4.78 is 15.3. The number of hydrogen-bond donors (Lipinski definition) is 2. The van der Waals surface area contributed by atoms with Gasteiger partial charge in [0.15, 0.2) is 0 Å². The summed E-state index contributed by atoms with van der Waals surface area (Å²) in [6.45, 7) is 1.77. The standard InChI is InChI=1S/C23H22FN5O2/c1-13-10-15(24)12-29-19(11-25-21(13)29)23(31)26-16-8-6-14(7-9-16)20-17-4-2-3-5-18(17)22(30)28-27-20/h2-5,10-12,14,16H,6-9H2,1H3,(H,26,31)(H,28,30). The number of H-pyrrole nitrogens is 1. The Morgan fingerprint density at radius 3 is 2.71 bits per heavy atom. The quantitative estimate of drug-likeness (QED) is 0.532. The summed E-state index contributed by atoms with van der Waals surface area (Å²) in [6.07, 6.45) is 6.09. The molecular weight excluding hydrogens is 397 g/mol. The summed E-state index contributed by atoms with van der Waals surface area (Å²) in [5.74, 6) is -0.436. The molecule has 1 aromatic carbocycles. The van der Waals surface area contributed by atoms with Crippen molar-refractivity contribution in [2.75, 3.05) is 0 Å². The van der Waals surface area contributed by atoms with Crippen molar-refractivity contribution in [3.8, 4) is 0 Å². The molecule has 0 saturated heterocycles. The number of rotatable bonds is 3. The van der Waals surface area contributed by atoms with E-state index < -0.39 is 5.82 Å². The lowest BCUT2D eigenvalue weighted by Gasteiger charge is -2.29. The molecule has 31 heavy (non-hydrogen) atoms. The summed E-state index contributed by atoms with van der Waals surface area (Å²) in [4.78, 5) is 29.1. The molecule has 158 valence electrons. The third kappa shape index (κ3) is 3.48. The van der Waals surface area contributed by atoms with Gasteiger partial charge in [0, 0.05) is 23.5 Å². The minimum Gasteiger partial charge on any atom is -0.348 e. The Bertz CT molecular complexity index is 1350. The fraction of sp³-hybridized carbons (Fsp3) is 0.304. The van der Waals surface area contributed by atoms with Crippen LogP contribution in [0.3, 0.4) is 0 Å². The second-order valence-corrected chi connectivity index (χ2v) is 8.18. The number of aromatic nitrogens is 4. The highest BCUT2D eigenvalue weighted by molar-refractivity contribution is 5.93. The smallest absolute Gasteiger partial charge is 0.272 e. The molecule has 2 N–H and O–H groups in total. The van der Waals surface area contributed by atoms with Gasteiger partial charge in [0.05, 0.1) is 17.3 Å². The van der Waals surface area contributed by atoms with E-state index in [1.165, 1.54) is 22.9 Å². The van der Waals surface area contributed by atoms with Gasteiger partial charge in [-0.15, -0.1) is 0 Å². The molecule has 7 nitrogen and oxygen atoms in total. The maximum absolute atomic E-state index is 13.8. The van der Waals surface area contributed by atoms with Crippen LogP contribution in [0.1, 0.15) is 53.3 Å². The number of carbonyl (C=O) groups is 1. The number of halogens is 1. The van der Waals surface area contributed by atoms with Gasteiger partial charge in [-0.1, -0.05) is 18.2 Å². The molecule has 0 unspecified atom stereocenters. The zero-order valence-electron chi connectivity index (χ0n) is 17.1. The summed E-state index contributed by atoms with van der Waals surface area (Å²) in [5, 5.41) is 11.6. The molecule has 1 saturated carbocycles. The number of fused-ring (bicyclic) bond motifs is 2. The number of nitrogens with one attached hydrogen (secondary N) is 2. The molecule has 0 bridgehead atoms. The molecule has 0 radical (unpaired) electrons.